The van der Waals surface area contributed by atoms with Gasteiger partial charge >= 0.3 is 0 Å². The fourth-order valence-corrected chi connectivity index (χ4v) is 3.21. The molecule has 0 aromatic carbocycles. The van der Waals surface area contributed by atoms with Gasteiger partial charge in [-0.25, -0.2) is 0 Å². The summed E-state index contributed by atoms with van der Waals surface area (Å²) in [6.45, 7) is 10.2. The average molecular weight is 222 g/mol. The van der Waals surface area contributed by atoms with Crippen molar-refractivity contribution in [1.29, 1.82) is 0 Å². The highest BCUT2D eigenvalue weighted by molar-refractivity contribution is 5.89. The second kappa shape index (κ2) is 3.43. The molecule has 0 radical (unpaired) electrons. The van der Waals surface area contributed by atoms with Crippen LogP contribution in [0.15, 0.2) is 12.7 Å². The zero-order valence-electron chi connectivity index (χ0n) is 10.6. The van der Waals surface area contributed by atoms with Crippen LogP contribution in [0.2, 0.25) is 0 Å². The average Bonchev–Trinajstić information content (AvgIpc) is 2.57. The number of Topliss-reactive ketones (excluding diaryl/α,β-unsaturated/α-hetero) is 1. The van der Waals surface area contributed by atoms with E-state index in [1.54, 1.807) is 0 Å². The molecule has 0 aromatic heterocycles. The first-order chi connectivity index (χ1) is 7.35. The minimum atomic E-state index is -0.547. The predicted octanol–water partition coefficient (Wildman–Crippen LogP) is 3.26. The van der Waals surface area contributed by atoms with Gasteiger partial charge in [0.05, 0.1) is 5.60 Å². The molecule has 90 valence electrons. The summed E-state index contributed by atoms with van der Waals surface area (Å²) in [6, 6.07) is 0. The summed E-state index contributed by atoms with van der Waals surface area (Å²) in [6.07, 6.45) is 6.36. The molecule has 1 spiro atoms. The molecular formula is C14H22O2. The van der Waals surface area contributed by atoms with Crippen molar-refractivity contribution in [1.82, 2.24) is 0 Å². The Morgan fingerprint density at radius 2 is 1.94 bits per heavy atom. The van der Waals surface area contributed by atoms with Crippen molar-refractivity contribution in [3.63, 3.8) is 0 Å². The molecule has 1 saturated carbocycles. The molecule has 2 atom stereocenters. The molecule has 1 saturated heterocycles. The first-order valence-corrected chi connectivity index (χ1v) is 6.22. The number of carbonyl (C=O) groups is 1. The maximum Gasteiger partial charge on any atom is 0.165 e. The molecule has 0 N–H and O–H groups in total. The second-order valence-corrected chi connectivity index (χ2v) is 6.11. The topological polar surface area (TPSA) is 26.3 Å². The highest BCUT2D eigenvalue weighted by atomic mass is 16.5. The zero-order valence-corrected chi connectivity index (χ0v) is 10.6. The van der Waals surface area contributed by atoms with Gasteiger partial charge in [0, 0.05) is 11.8 Å². The Morgan fingerprint density at radius 3 is 2.44 bits per heavy atom. The second-order valence-electron chi connectivity index (χ2n) is 6.11. The summed E-state index contributed by atoms with van der Waals surface area (Å²) in [5.41, 5.74) is -0.901. The van der Waals surface area contributed by atoms with Gasteiger partial charge in [-0.1, -0.05) is 19.9 Å². The Balaban J connectivity index is 2.36. The summed E-state index contributed by atoms with van der Waals surface area (Å²) in [4.78, 5) is 12.3. The first kappa shape index (κ1) is 11.8. The Kier molecular flexibility index (Phi) is 2.54. The lowest BCUT2D eigenvalue weighted by molar-refractivity contribution is -0.175. The number of hydrogen-bond donors (Lipinski definition) is 0. The van der Waals surface area contributed by atoms with Gasteiger partial charge < -0.3 is 4.74 Å². The van der Waals surface area contributed by atoms with Crippen molar-refractivity contribution < 1.29 is 9.53 Å². The Labute approximate surface area is 98.1 Å². The first-order valence-electron chi connectivity index (χ1n) is 6.22. The number of ketones is 1. The van der Waals surface area contributed by atoms with E-state index in [9.17, 15) is 4.79 Å². The molecule has 2 aliphatic rings. The summed E-state index contributed by atoms with van der Waals surface area (Å²) in [5, 5.41) is 0. The van der Waals surface area contributed by atoms with E-state index in [4.69, 9.17) is 4.74 Å². The molecule has 0 aromatic rings. The highest BCUT2D eigenvalue weighted by Gasteiger charge is 2.59. The standard InChI is InChI=1S/C14H22O2/c1-5-13(4)9-10-14(16-13)11(15)7-6-8-12(14,2)3/h5H,1,6-10H2,2-4H3/t13-,14-/m0/s1. The molecule has 0 bridgehead atoms. The summed E-state index contributed by atoms with van der Waals surface area (Å²) in [5.74, 6) is 0.300. The quantitative estimate of drug-likeness (QED) is 0.636. The van der Waals surface area contributed by atoms with Crippen LogP contribution < -0.4 is 0 Å². The van der Waals surface area contributed by atoms with Crippen molar-refractivity contribution in [3.8, 4) is 0 Å². The normalized spacial score (nSPS) is 42.6. The number of rotatable bonds is 1. The van der Waals surface area contributed by atoms with Gasteiger partial charge in [-0.3, -0.25) is 4.79 Å². The lowest BCUT2D eigenvalue weighted by Crippen LogP contribution is -2.54. The van der Waals surface area contributed by atoms with Gasteiger partial charge in [0.2, 0.25) is 0 Å². The fourth-order valence-electron chi connectivity index (χ4n) is 3.21. The third-order valence-electron chi connectivity index (χ3n) is 4.56. The zero-order chi connectivity index (χ0) is 12.0. The number of ether oxygens (including phenoxy) is 1. The monoisotopic (exact) mass is 222 g/mol. The van der Waals surface area contributed by atoms with Crippen molar-refractivity contribution >= 4 is 5.78 Å². The van der Waals surface area contributed by atoms with Crippen LogP contribution >= 0.6 is 0 Å². The molecule has 1 aliphatic carbocycles. The molecule has 1 heterocycles. The summed E-state index contributed by atoms with van der Waals surface area (Å²) in [7, 11) is 0. The van der Waals surface area contributed by atoms with E-state index < -0.39 is 5.60 Å². The van der Waals surface area contributed by atoms with Crippen molar-refractivity contribution in [2.45, 2.75) is 64.1 Å². The minimum absolute atomic E-state index is 0.0386. The lowest BCUT2D eigenvalue weighted by Gasteiger charge is -2.46. The minimum Gasteiger partial charge on any atom is -0.356 e. The van der Waals surface area contributed by atoms with E-state index in [-0.39, 0.29) is 11.0 Å². The predicted molar refractivity (Wildman–Crippen MR) is 64.3 cm³/mol. The van der Waals surface area contributed by atoms with Crippen LogP contribution in [0.25, 0.3) is 0 Å². The lowest BCUT2D eigenvalue weighted by atomic mass is 9.63. The maximum atomic E-state index is 12.3. The molecular weight excluding hydrogens is 200 g/mol. The Morgan fingerprint density at radius 1 is 1.25 bits per heavy atom. The summed E-state index contributed by atoms with van der Waals surface area (Å²) >= 11 is 0. The van der Waals surface area contributed by atoms with Crippen molar-refractivity contribution in [3.05, 3.63) is 12.7 Å². The van der Waals surface area contributed by atoms with Gasteiger partial charge in [0.1, 0.15) is 5.60 Å². The number of carbonyl (C=O) groups excluding carboxylic acids is 1. The van der Waals surface area contributed by atoms with E-state index in [1.807, 2.05) is 13.0 Å². The summed E-state index contributed by atoms with van der Waals surface area (Å²) < 4.78 is 6.19. The molecule has 2 heteroatoms. The van der Waals surface area contributed by atoms with Crippen LogP contribution in [0, 0.1) is 5.41 Å². The van der Waals surface area contributed by atoms with Gasteiger partial charge in [-0.05, 0) is 32.6 Å². The van der Waals surface area contributed by atoms with Crippen LogP contribution in [0.5, 0.6) is 0 Å². The van der Waals surface area contributed by atoms with Crippen LogP contribution in [0.1, 0.15) is 52.9 Å². The maximum absolute atomic E-state index is 12.3. The molecule has 1 aliphatic heterocycles. The molecule has 0 amide bonds. The smallest absolute Gasteiger partial charge is 0.165 e. The Bertz CT molecular complexity index is 332. The number of hydrogen-bond acceptors (Lipinski definition) is 2. The highest BCUT2D eigenvalue weighted by Crippen LogP contribution is 2.53. The van der Waals surface area contributed by atoms with Crippen molar-refractivity contribution in [2.75, 3.05) is 0 Å². The third kappa shape index (κ3) is 1.46. The van der Waals surface area contributed by atoms with Crippen LogP contribution in [0.4, 0.5) is 0 Å². The van der Waals surface area contributed by atoms with Crippen LogP contribution in [0.3, 0.4) is 0 Å². The van der Waals surface area contributed by atoms with Gasteiger partial charge in [-0.15, -0.1) is 6.58 Å². The van der Waals surface area contributed by atoms with Crippen LogP contribution in [-0.2, 0) is 9.53 Å². The largest absolute Gasteiger partial charge is 0.356 e. The van der Waals surface area contributed by atoms with Crippen molar-refractivity contribution in [2.24, 2.45) is 5.41 Å². The molecule has 2 nitrogen and oxygen atoms in total. The molecule has 16 heavy (non-hydrogen) atoms. The SMILES string of the molecule is C=C[C@@]1(C)CC[C@]2(O1)C(=O)CCCC2(C)C. The van der Waals surface area contributed by atoms with E-state index in [1.165, 1.54) is 0 Å². The van der Waals surface area contributed by atoms with E-state index in [0.29, 0.717) is 12.2 Å². The van der Waals surface area contributed by atoms with E-state index in [2.05, 4.69) is 20.4 Å². The molecule has 2 rings (SSSR count). The van der Waals surface area contributed by atoms with Gasteiger partial charge in [0.15, 0.2) is 5.78 Å². The van der Waals surface area contributed by atoms with E-state index in [0.717, 1.165) is 25.7 Å². The van der Waals surface area contributed by atoms with Gasteiger partial charge in [-0.2, -0.15) is 0 Å². The van der Waals surface area contributed by atoms with E-state index >= 15 is 0 Å². The third-order valence-corrected chi connectivity index (χ3v) is 4.56. The Hall–Kier alpha value is -0.630. The van der Waals surface area contributed by atoms with Gasteiger partial charge in [0.25, 0.3) is 0 Å². The molecule has 2 fully saturated rings. The molecule has 0 unspecified atom stereocenters. The fraction of sp³-hybridized carbons (Fsp3) is 0.786. The van der Waals surface area contributed by atoms with Crippen LogP contribution in [-0.4, -0.2) is 17.0 Å².